The number of fused-ring (bicyclic) bond motifs is 1. The van der Waals surface area contributed by atoms with Gasteiger partial charge in [0.1, 0.15) is 18.1 Å². The number of carbonyl (C=O) groups excluding carboxylic acids is 5. The van der Waals surface area contributed by atoms with Crippen LogP contribution in [0.2, 0.25) is 0 Å². The maximum Gasteiger partial charge on any atom is 0.326 e. The summed E-state index contributed by atoms with van der Waals surface area (Å²) in [7, 11) is 0. The second-order valence-corrected chi connectivity index (χ2v) is 10.00. The lowest BCUT2D eigenvalue weighted by Gasteiger charge is -2.26. The standard InChI is InChI=1S/C26H37N7O7/c1-13(2)9-18(24(37)33-20(26(39)40)11-22(29)35)32-25(38)19(31-23(36)16(27)7-8-21(28)34)10-14-12-30-17-6-4-3-5-15(14)17/h3-6,12-13,16,18-20,30H,7-11,27H2,1-2H3,(H2,28,34)(H2,29,35)(H,31,36)(H,32,38)(H,33,37)(H,39,40). The second-order valence-electron chi connectivity index (χ2n) is 10.00. The Labute approximate surface area is 230 Å². The van der Waals surface area contributed by atoms with E-state index in [9.17, 15) is 33.9 Å². The van der Waals surface area contributed by atoms with E-state index in [0.717, 1.165) is 10.9 Å². The number of carbonyl (C=O) groups is 6. The third kappa shape index (κ3) is 9.69. The van der Waals surface area contributed by atoms with Crippen LogP contribution in [0.15, 0.2) is 30.5 Å². The number of carboxylic acids is 1. The highest BCUT2D eigenvalue weighted by molar-refractivity contribution is 5.95. The molecule has 0 saturated carbocycles. The van der Waals surface area contributed by atoms with Crippen molar-refractivity contribution >= 4 is 46.4 Å². The number of hydrogen-bond acceptors (Lipinski definition) is 7. The zero-order chi connectivity index (χ0) is 30.0. The van der Waals surface area contributed by atoms with E-state index in [2.05, 4.69) is 20.9 Å². The highest BCUT2D eigenvalue weighted by Crippen LogP contribution is 2.19. The molecule has 14 nitrogen and oxygen atoms in total. The molecule has 2 rings (SSSR count). The first-order chi connectivity index (χ1) is 18.8. The van der Waals surface area contributed by atoms with Gasteiger partial charge < -0.3 is 43.2 Å². The smallest absolute Gasteiger partial charge is 0.326 e. The Morgan fingerprint density at radius 2 is 1.48 bits per heavy atom. The van der Waals surface area contributed by atoms with Crippen molar-refractivity contribution in [2.24, 2.45) is 23.1 Å². The lowest BCUT2D eigenvalue weighted by atomic mass is 10.00. The molecule has 0 aliphatic heterocycles. The topological polar surface area (TPSA) is 253 Å². The number of nitrogens with one attached hydrogen (secondary N) is 4. The van der Waals surface area contributed by atoms with E-state index in [1.807, 2.05) is 24.3 Å². The van der Waals surface area contributed by atoms with Crippen molar-refractivity contribution in [2.45, 2.75) is 70.1 Å². The number of nitrogens with two attached hydrogens (primary N) is 3. The van der Waals surface area contributed by atoms with Crippen LogP contribution in [0.1, 0.15) is 45.1 Å². The molecule has 0 bridgehead atoms. The average Bonchev–Trinajstić information content (AvgIpc) is 3.28. The summed E-state index contributed by atoms with van der Waals surface area (Å²) in [6, 6.07) is 2.27. The third-order valence-electron chi connectivity index (χ3n) is 6.13. The van der Waals surface area contributed by atoms with Crippen LogP contribution in [-0.2, 0) is 35.2 Å². The second kappa shape index (κ2) is 14.6. The Hall–Kier alpha value is -4.46. The molecule has 0 aliphatic rings. The van der Waals surface area contributed by atoms with Crippen molar-refractivity contribution in [3.63, 3.8) is 0 Å². The van der Waals surface area contributed by atoms with Gasteiger partial charge in [0.05, 0.1) is 12.5 Å². The van der Waals surface area contributed by atoms with Gasteiger partial charge in [0, 0.05) is 29.9 Å². The van der Waals surface area contributed by atoms with Gasteiger partial charge in [-0.3, -0.25) is 24.0 Å². The van der Waals surface area contributed by atoms with Gasteiger partial charge >= 0.3 is 5.97 Å². The molecule has 4 unspecified atom stereocenters. The predicted molar refractivity (Wildman–Crippen MR) is 145 cm³/mol. The number of carboxylic acid groups (broad SMARTS) is 1. The number of H-pyrrole nitrogens is 1. The van der Waals surface area contributed by atoms with E-state index < -0.39 is 66.1 Å². The Balaban J connectivity index is 2.30. The zero-order valence-electron chi connectivity index (χ0n) is 22.4. The van der Waals surface area contributed by atoms with Crippen LogP contribution in [0.25, 0.3) is 10.9 Å². The number of benzene rings is 1. The summed E-state index contributed by atoms with van der Waals surface area (Å²) in [5, 5.41) is 17.6. The largest absolute Gasteiger partial charge is 0.480 e. The van der Waals surface area contributed by atoms with E-state index >= 15 is 0 Å². The molecule has 5 amide bonds. The van der Waals surface area contributed by atoms with Crippen LogP contribution < -0.4 is 33.2 Å². The lowest BCUT2D eigenvalue weighted by Crippen LogP contribution is -2.58. The molecule has 14 heteroatoms. The molecule has 0 saturated heterocycles. The summed E-state index contributed by atoms with van der Waals surface area (Å²) < 4.78 is 0. The first-order valence-corrected chi connectivity index (χ1v) is 12.8. The van der Waals surface area contributed by atoms with Crippen molar-refractivity contribution in [3.8, 4) is 0 Å². The highest BCUT2D eigenvalue weighted by Gasteiger charge is 2.31. The molecule has 40 heavy (non-hydrogen) atoms. The van der Waals surface area contributed by atoms with Crippen molar-refractivity contribution in [1.29, 1.82) is 0 Å². The van der Waals surface area contributed by atoms with Gasteiger partial charge in [0.25, 0.3) is 0 Å². The van der Waals surface area contributed by atoms with Gasteiger partial charge in [-0.1, -0.05) is 32.0 Å². The molecule has 1 aromatic heterocycles. The minimum Gasteiger partial charge on any atom is -0.480 e. The molecule has 2 aromatic rings. The van der Waals surface area contributed by atoms with Gasteiger partial charge in [0.2, 0.25) is 29.5 Å². The maximum absolute atomic E-state index is 13.5. The summed E-state index contributed by atoms with van der Waals surface area (Å²) in [4.78, 5) is 76.3. The Morgan fingerprint density at radius 1 is 0.875 bits per heavy atom. The molecule has 1 aromatic carbocycles. The van der Waals surface area contributed by atoms with E-state index in [0.29, 0.717) is 5.56 Å². The van der Waals surface area contributed by atoms with Gasteiger partial charge in [-0.2, -0.15) is 0 Å². The van der Waals surface area contributed by atoms with Crippen LogP contribution in [0.4, 0.5) is 0 Å². The normalized spacial score (nSPS) is 14.1. The molecule has 0 fully saturated rings. The molecule has 1 heterocycles. The molecule has 0 radical (unpaired) electrons. The molecule has 11 N–H and O–H groups in total. The Kier molecular flexibility index (Phi) is 11.6. The fourth-order valence-electron chi connectivity index (χ4n) is 4.09. The van der Waals surface area contributed by atoms with Crippen molar-refractivity contribution < 1.29 is 33.9 Å². The fraction of sp³-hybridized carbons (Fsp3) is 0.462. The fourth-order valence-corrected chi connectivity index (χ4v) is 4.09. The van der Waals surface area contributed by atoms with E-state index in [4.69, 9.17) is 17.2 Å². The maximum atomic E-state index is 13.5. The molecular formula is C26H37N7O7. The van der Waals surface area contributed by atoms with Crippen LogP contribution in [0.3, 0.4) is 0 Å². The quantitative estimate of drug-likeness (QED) is 0.123. The van der Waals surface area contributed by atoms with Crippen LogP contribution in [0, 0.1) is 5.92 Å². The molecule has 4 atom stereocenters. The zero-order valence-corrected chi connectivity index (χ0v) is 22.4. The van der Waals surface area contributed by atoms with Crippen LogP contribution >= 0.6 is 0 Å². The average molecular weight is 560 g/mol. The van der Waals surface area contributed by atoms with E-state index in [1.165, 1.54) is 0 Å². The minimum atomic E-state index is -1.58. The van der Waals surface area contributed by atoms with Crippen LogP contribution in [-0.4, -0.2) is 69.8 Å². The first kappa shape index (κ1) is 31.8. The number of para-hydroxylation sites is 1. The number of aromatic amines is 1. The number of aliphatic carboxylic acids is 1. The monoisotopic (exact) mass is 559 g/mol. The lowest BCUT2D eigenvalue weighted by molar-refractivity contribution is -0.144. The molecule has 0 spiro atoms. The molecule has 0 aliphatic carbocycles. The van der Waals surface area contributed by atoms with Crippen molar-refractivity contribution in [1.82, 2.24) is 20.9 Å². The summed E-state index contributed by atoms with van der Waals surface area (Å²) in [5.41, 5.74) is 17.7. The van der Waals surface area contributed by atoms with Crippen molar-refractivity contribution in [3.05, 3.63) is 36.0 Å². The van der Waals surface area contributed by atoms with E-state index in [-0.39, 0.29) is 31.6 Å². The molecular weight excluding hydrogens is 522 g/mol. The Bertz CT molecular complexity index is 1240. The summed E-state index contributed by atoms with van der Waals surface area (Å²) in [5.74, 6) is -5.36. The van der Waals surface area contributed by atoms with Gasteiger partial charge in [-0.05, 0) is 30.4 Å². The predicted octanol–water partition coefficient (Wildman–Crippen LogP) is -1.24. The summed E-state index contributed by atoms with van der Waals surface area (Å²) in [6.45, 7) is 3.60. The van der Waals surface area contributed by atoms with E-state index in [1.54, 1.807) is 20.0 Å². The number of primary amides is 2. The number of hydrogen-bond donors (Lipinski definition) is 8. The van der Waals surface area contributed by atoms with Crippen LogP contribution in [0.5, 0.6) is 0 Å². The molecule has 218 valence electrons. The first-order valence-electron chi connectivity index (χ1n) is 12.8. The van der Waals surface area contributed by atoms with Crippen molar-refractivity contribution in [2.75, 3.05) is 0 Å². The number of aromatic nitrogens is 1. The summed E-state index contributed by atoms with van der Waals surface area (Å²) >= 11 is 0. The van der Waals surface area contributed by atoms with Gasteiger partial charge in [-0.25, -0.2) is 4.79 Å². The minimum absolute atomic E-state index is 0.0274. The van der Waals surface area contributed by atoms with Gasteiger partial charge in [0.15, 0.2) is 0 Å². The highest BCUT2D eigenvalue weighted by atomic mass is 16.4. The number of rotatable bonds is 16. The Morgan fingerprint density at radius 3 is 2.08 bits per heavy atom. The summed E-state index contributed by atoms with van der Waals surface area (Å²) in [6.07, 6.45) is 1.07. The third-order valence-corrected chi connectivity index (χ3v) is 6.13. The number of amides is 5. The van der Waals surface area contributed by atoms with Gasteiger partial charge in [-0.15, -0.1) is 0 Å². The SMILES string of the molecule is CC(C)CC(NC(=O)C(Cc1c[nH]c2ccccc12)NC(=O)C(N)CCC(N)=O)C(=O)NC(CC(N)=O)C(=O)O.